The fourth-order valence-corrected chi connectivity index (χ4v) is 4.48. The molecule has 0 spiro atoms. The first-order chi connectivity index (χ1) is 10.4. The number of hydrogen-bond acceptors (Lipinski definition) is 3. The number of carbonyl (C=O) groups is 1. The summed E-state index contributed by atoms with van der Waals surface area (Å²) in [5, 5.41) is 16.0. The van der Waals surface area contributed by atoms with Crippen LogP contribution in [0, 0.1) is 12.3 Å². The number of fused-ring (bicyclic) bond motifs is 5. The number of carboxylic acid groups (broad SMARTS) is 1. The molecule has 4 nitrogen and oxygen atoms in total. The minimum Gasteiger partial charge on any atom is -0.543 e. The molecule has 114 valence electrons. The van der Waals surface area contributed by atoms with Gasteiger partial charge in [0.2, 0.25) is 0 Å². The predicted molar refractivity (Wildman–Crippen MR) is 81.1 cm³/mol. The third-order valence-electron chi connectivity index (χ3n) is 5.65. The van der Waals surface area contributed by atoms with Crippen molar-refractivity contribution < 1.29 is 9.90 Å². The Morgan fingerprint density at radius 2 is 1.86 bits per heavy atom. The number of aryl methyl sites for hydroxylation is 1. The second-order valence-corrected chi connectivity index (χ2v) is 7.19. The van der Waals surface area contributed by atoms with Gasteiger partial charge in [-0.2, -0.15) is 5.10 Å². The van der Waals surface area contributed by atoms with E-state index in [-0.39, 0.29) is 17.0 Å². The molecular formula is C18H19N2O2-. The molecule has 0 N–H and O–H groups in total. The van der Waals surface area contributed by atoms with Crippen LogP contribution >= 0.6 is 0 Å². The Labute approximate surface area is 129 Å². The Morgan fingerprint density at radius 3 is 2.50 bits per heavy atom. The maximum absolute atomic E-state index is 11.6. The molecule has 2 atom stereocenters. The van der Waals surface area contributed by atoms with E-state index in [0.717, 1.165) is 29.8 Å². The highest BCUT2D eigenvalue weighted by Gasteiger charge is 2.55. The van der Waals surface area contributed by atoms with Gasteiger partial charge in [0.05, 0.1) is 17.4 Å². The molecule has 2 aliphatic rings. The van der Waals surface area contributed by atoms with E-state index in [0.29, 0.717) is 5.92 Å². The van der Waals surface area contributed by atoms with Gasteiger partial charge in [-0.05, 0) is 43.2 Å². The first-order valence-electron chi connectivity index (χ1n) is 7.82. The van der Waals surface area contributed by atoms with Crippen LogP contribution in [0.3, 0.4) is 0 Å². The summed E-state index contributed by atoms with van der Waals surface area (Å²) < 4.78 is 1.84. The average molecular weight is 295 g/mol. The van der Waals surface area contributed by atoms with Gasteiger partial charge in [0.15, 0.2) is 0 Å². The van der Waals surface area contributed by atoms with Crippen LogP contribution in [0.5, 0.6) is 0 Å². The molecule has 1 saturated carbocycles. The van der Waals surface area contributed by atoms with Crippen molar-refractivity contribution >= 4 is 5.97 Å². The van der Waals surface area contributed by atoms with Crippen LogP contribution in [-0.4, -0.2) is 15.7 Å². The lowest BCUT2D eigenvalue weighted by atomic mass is 9.80. The summed E-state index contributed by atoms with van der Waals surface area (Å²) in [6, 6.07) is 8.06. The molecule has 22 heavy (non-hydrogen) atoms. The molecule has 2 aromatic rings. The number of carboxylic acids is 1. The van der Waals surface area contributed by atoms with Crippen molar-refractivity contribution in [3.8, 4) is 5.69 Å². The molecule has 0 amide bonds. The normalized spacial score (nSPS) is 24.5. The summed E-state index contributed by atoms with van der Waals surface area (Å²) in [7, 11) is 0. The number of hydrogen-bond donors (Lipinski definition) is 0. The fourth-order valence-electron chi connectivity index (χ4n) is 4.48. The summed E-state index contributed by atoms with van der Waals surface area (Å²) in [6.45, 7) is 6.52. The monoisotopic (exact) mass is 295 g/mol. The van der Waals surface area contributed by atoms with Crippen LogP contribution in [0.25, 0.3) is 5.69 Å². The molecular weight excluding hydrogens is 276 g/mol. The first-order valence-corrected chi connectivity index (χ1v) is 7.82. The standard InChI is InChI=1S/C18H20N2O2/c1-10-4-6-11(7-5-10)20-16-13-9-8-12(18(13,2)3)14(16)15(19-20)17(21)22/h4-7,12-13H,8-9H2,1-3H3,(H,21,22)/p-1/t12-,13+/m0/s1. The molecule has 1 fully saturated rings. The van der Waals surface area contributed by atoms with Gasteiger partial charge in [-0.1, -0.05) is 31.5 Å². The highest BCUT2D eigenvalue weighted by Crippen LogP contribution is 2.65. The van der Waals surface area contributed by atoms with Gasteiger partial charge in [-0.15, -0.1) is 0 Å². The molecule has 2 bridgehead atoms. The van der Waals surface area contributed by atoms with E-state index in [1.54, 1.807) is 0 Å². The van der Waals surface area contributed by atoms with Crippen molar-refractivity contribution in [1.82, 2.24) is 9.78 Å². The lowest BCUT2D eigenvalue weighted by Gasteiger charge is -2.25. The van der Waals surface area contributed by atoms with Crippen molar-refractivity contribution in [2.75, 3.05) is 0 Å². The second-order valence-electron chi connectivity index (χ2n) is 7.19. The van der Waals surface area contributed by atoms with Gasteiger partial charge in [-0.3, -0.25) is 0 Å². The Hall–Kier alpha value is -2.10. The molecule has 0 aliphatic heterocycles. The third kappa shape index (κ3) is 1.58. The quantitative estimate of drug-likeness (QED) is 0.855. The molecule has 2 aliphatic carbocycles. The maximum Gasteiger partial charge on any atom is 0.112 e. The van der Waals surface area contributed by atoms with Crippen LogP contribution in [0.15, 0.2) is 24.3 Å². The summed E-state index contributed by atoms with van der Waals surface area (Å²) in [4.78, 5) is 11.6. The molecule has 0 saturated heterocycles. The van der Waals surface area contributed by atoms with Crippen LogP contribution < -0.4 is 5.11 Å². The van der Waals surface area contributed by atoms with Crippen molar-refractivity contribution in [3.63, 3.8) is 0 Å². The van der Waals surface area contributed by atoms with E-state index in [2.05, 4.69) is 18.9 Å². The fraction of sp³-hybridized carbons (Fsp3) is 0.444. The van der Waals surface area contributed by atoms with Crippen molar-refractivity contribution in [2.24, 2.45) is 5.41 Å². The third-order valence-corrected chi connectivity index (χ3v) is 5.65. The molecule has 0 radical (unpaired) electrons. The number of aromatic nitrogens is 2. The second kappa shape index (κ2) is 4.22. The van der Waals surface area contributed by atoms with E-state index >= 15 is 0 Å². The number of rotatable bonds is 2. The van der Waals surface area contributed by atoms with Crippen molar-refractivity contribution in [2.45, 2.75) is 45.4 Å². The van der Waals surface area contributed by atoms with E-state index in [9.17, 15) is 9.90 Å². The van der Waals surface area contributed by atoms with Gasteiger partial charge in [0.1, 0.15) is 5.69 Å². The number of nitrogens with zero attached hydrogens (tertiary/aromatic N) is 2. The summed E-state index contributed by atoms with van der Waals surface area (Å²) in [5.41, 5.74) is 4.35. The lowest BCUT2D eigenvalue weighted by Crippen LogP contribution is -2.26. The Balaban J connectivity index is 1.96. The predicted octanol–water partition coefficient (Wildman–Crippen LogP) is 2.55. The van der Waals surface area contributed by atoms with Gasteiger partial charge in [0, 0.05) is 11.5 Å². The molecule has 0 unspecified atom stereocenters. The highest BCUT2D eigenvalue weighted by molar-refractivity contribution is 5.87. The van der Waals surface area contributed by atoms with Gasteiger partial charge >= 0.3 is 0 Å². The first kappa shape index (κ1) is 13.6. The zero-order chi connectivity index (χ0) is 15.6. The molecule has 1 heterocycles. The van der Waals surface area contributed by atoms with E-state index in [1.165, 1.54) is 5.56 Å². The van der Waals surface area contributed by atoms with Crippen LogP contribution in [-0.2, 0) is 0 Å². The average Bonchev–Trinajstić information content (AvgIpc) is 3.05. The highest BCUT2D eigenvalue weighted by atomic mass is 16.4. The maximum atomic E-state index is 11.6. The SMILES string of the molecule is Cc1ccc(-n2nc(C(=O)[O-])c3c2[C@H]2CC[C@@H]3C2(C)C)cc1. The van der Waals surface area contributed by atoms with E-state index < -0.39 is 5.97 Å². The van der Waals surface area contributed by atoms with E-state index in [4.69, 9.17) is 0 Å². The topological polar surface area (TPSA) is 58.0 Å². The molecule has 1 aromatic heterocycles. The van der Waals surface area contributed by atoms with Crippen LogP contribution in [0.4, 0.5) is 0 Å². The smallest absolute Gasteiger partial charge is 0.112 e. The number of carbonyl (C=O) groups excluding carboxylic acids is 1. The van der Waals surface area contributed by atoms with Gasteiger partial charge in [0.25, 0.3) is 0 Å². The molecule has 1 aromatic carbocycles. The number of aromatic carboxylic acids is 1. The van der Waals surface area contributed by atoms with Gasteiger partial charge in [-0.25, -0.2) is 4.68 Å². The van der Waals surface area contributed by atoms with Crippen LogP contribution in [0.2, 0.25) is 0 Å². The minimum absolute atomic E-state index is 0.101. The summed E-state index contributed by atoms with van der Waals surface area (Å²) in [5.74, 6) is -0.514. The van der Waals surface area contributed by atoms with Gasteiger partial charge < -0.3 is 9.90 Å². The van der Waals surface area contributed by atoms with Crippen LogP contribution in [0.1, 0.15) is 65.8 Å². The summed E-state index contributed by atoms with van der Waals surface area (Å²) in [6.07, 6.45) is 2.15. The minimum atomic E-state index is -1.16. The van der Waals surface area contributed by atoms with Crippen molar-refractivity contribution in [3.05, 3.63) is 46.8 Å². The Bertz CT molecular complexity index is 771. The summed E-state index contributed by atoms with van der Waals surface area (Å²) >= 11 is 0. The largest absolute Gasteiger partial charge is 0.543 e. The van der Waals surface area contributed by atoms with E-state index in [1.807, 2.05) is 35.9 Å². The Morgan fingerprint density at radius 1 is 1.23 bits per heavy atom. The molecule has 4 heteroatoms. The lowest BCUT2D eigenvalue weighted by molar-refractivity contribution is -0.255. The van der Waals surface area contributed by atoms with Crippen molar-refractivity contribution in [1.29, 1.82) is 0 Å². The Kier molecular flexibility index (Phi) is 2.60. The molecule has 4 rings (SSSR count). The number of benzene rings is 1. The zero-order valence-corrected chi connectivity index (χ0v) is 13.1. The zero-order valence-electron chi connectivity index (χ0n) is 13.1.